The molecule has 3 aromatic rings. The van der Waals surface area contributed by atoms with Crippen LogP contribution in [0.4, 0.5) is 0 Å². The van der Waals surface area contributed by atoms with Gasteiger partial charge in [0.25, 0.3) is 0 Å². The summed E-state index contributed by atoms with van der Waals surface area (Å²) < 4.78 is 2.06. The zero-order valence-electron chi connectivity index (χ0n) is 10.7. The Hall–Kier alpha value is -1.85. The number of carboxylic acids is 1. The number of rotatable bonds is 3. The van der Waals surface area contributed by atoms with Gasteiger partial charge in [-0.2, -0.15) is 0 Å². The second-order valence-corrected chi connectivity index (χ2v) is 6.68. The van der Waals surface area contributed by atoms with Crippen LogP contribution in [0.25, 0.3) is 10.2 Å². The molecule has 0 aliphatic heterocycles. The summed E-state index contributed by atoms with van der Waals surface area (Å²) in [5, 5.41) is 9.15. The van der Waals surface area contributed by atoms with E-state index in [-0.39, 0.29) is 0 Å². The number of thiazole rings is 1. The van der Waals surface area contributed by atoms with Gasteiger partial charge in [0.2, 0.25) is 0 Å². The minimum Gasteiger partial charge on any atom is -0.478 e. The molecule has 3 rings (SSSR count). The molecule has 0 bridgehead atoms. The van der Waals surface area contributed by atoms with Gasteiger partial charge in [-0.3, -0.25) is 0 Å². The summed E-state index contributed by atoms with van der Waals surface area (Å²) in [7, 11) is 0. The van der Waals surface area contributed by atoms with Crippen LogP contribution in [-0.2, 0) is 0 Å². The van der Waals surface area contributed by atoms with Crippen LogP contribution in [-0.4, -0.2) is 16.1 Å². The molecule has 0 fully saturated rings. The molecule has 1 heterocycles. The van der Waals surface area contributed by atoms with Crippen molar-refractivity contribution in [1.82, 2.24) is 4.98 Å². The number of benzene rings is 2. The van der Waals surface area contributed by atoms with Crippen molar-refractivity contribution in [3.8, 4) is 0 Å². The van der Waals surface area contributed by atoms with E-state index >= 15 is 0 Å². The smallest absolute Gasteiger partial charge is 0.335 e. The van der Waals surface area contributed by atoms with E-state index in [1.54, 1.807) is 24.3 Å². The lowest BCUT2D eigenvalue weighted by molar-refractivity contribution is 0.0696. The SMILES string of the molecule is Cc1ccc(Sc2nc3ccccc3s2)cc1C(=O)O. The Labute approximate surface area is 124 Å². The van der Waals surface area contributed by atoms with Crippen LogP contribution < -0.4 is 0 Å². The number of carboxylic acid groups (broad SMARTS) is 1. The molecule has 1 N–H and O–H groups in total. The number of nitrogens with zero attached hydrogens (tertiary/aromatic N) is 1. The fraction of sp³-hybridized carbons (Fsp3) is 0.0667. The van der Waals surface area contributed by atoms with Gasteiger partial charge in [0.05, 0.1) is 15.8 Å². The van der Waals surface area contributed by atoms with Gasteiger partial charge in [-0.15, -0.1) is 11.3 Å². The minimum absolute atomic E-state index is 0.344. The molecule has 0 radical (unpaired) electrons. The highest BCUT2D eigenvalue weighted by Gasteiger charge is 2.10. The van der Waals surface area contributed by atoms with Crippen LogP contribution in [0.5, 0.6) is 0 Å². The van der Waals surface area contributed by atoms with Crippen LogP contribution >= 0.6 is 23.1 Å². The fourth-order valence-corrected chi connectivity index (χ4v) is 3.97. The van der Waals surface area contributed by atoms with Crippen molar-refractivity contribution < 1.29 is 9.90 Å². The van der Waals surface area contributed by atoms with Crippen molar-refractivity contribution in [2.45, 2.75) is 16.2 Å². The van der Waals surface area contributed by atoms with E-state index < -0.39 is 5.97 Å². The van der Waals surface area contributed by atoms with E-state index in [9.17, 15) is 4.79 Å². The summed E-state index contributed by atoms with van der Waals surface area (Å²) in [6, 6.07) is 13.4. The lowest BCUT2D eigenvalue weighted by Crippen LogP contribution is -1.99. The molecule has 100 valence electrons. The maximum Gasteiger partial charge on any atom is 0.335 e. The van der Waals surface area contributed by atoms with Crippen molar-refractivity contribution in [3.05, 3.63) is 53.6 Å². The van der Waals surface area contributed by atoms with Gasteiger partial charge in [-0.25, -0.2) is 9.78 Å². The van der Waals surface area contributed by atoms with Crippen molar-refractivity contribution in [2.75, 3.05) is 0 Å². The Kier molecular flexibility index (Phi) is 3.46. The molecule has 1 aromatic heterocycles. The standard InChI is InChI=1S/C15H11NO2S2/c1-9-6-7-10(8-11(9)14(17)18)19-15-16-12-4-2-3-5-13(12)20-15/h2-8H,1H3,(H,17,18). The Morgan fingerprint density at radius 1 is 1.25 bits per heavy atom. The fourth-order valence-electron chi connectivity index (χ4n) is 1.89. The first-order valence-electron chi connectivity index (χ1n) is 6.01. The Morgan fingerprint density at radius 3 is 2.80 bits per heavy atom. The summed E-state index contributed by atoms with van der Waals surface area (Å²) in [5.41, 5.74) is 2.09. The van der Waals surface area contributed by atoms with Crippen molar-refractivity contribution >= 4 is 39.3 Å². The normalized spacial score (nSPS) is 10.8. The molecule has 0 atom stereocenters. The molecule has 20 heavy (non-hydrogen) atoms. The number of aromatic carboxylic acids is 1. The lowest BCUT2D eigenvalue weighted by Gasteiger charge is -2.03. The molecule has 2 aromatic carbocycles. The maximum absolute atomic E-state index is 11.1. The molecule has 5 heteroatoms. The van der Waals surface area contributed by atoms with Gasteiger partial charge in [0, 0.05) is 4.90 Å². The molecule has 0 aliphatic rings. The number of para-hydroxylation sites is 1. The Balaban J connectivity index is 1.94. The largest absolute Gasteiger partial charge is 0.478 e. The zero-order chi connectivity index (χ0) is 14.1. The average Bonchev–Trinajstić information content (AvgIpc) is 2.82. The molecule has 0 saturated heterocycles. The molecular weight excluding hydrogens is 290 g/mol. The molecule has 0 spiro atoms. The summed E-state index contributed by atoms with van der Waals surface area (Å²) in [5.74, 6) is -0.894. The van der Waals surface area contributed by atoms with Crippen LogP contribution in [0.2, 0.25) is 0 Å². The van der Waals surface area contributed by atoms with Crippen molar-refractivity contribution in [1.29, 1.82) is 0 Å². The molecule has 0 unspecified atom stereocenters. The second-order valence-electron chi connectivity index (χ2n) is 4.33. The van der Waals surface area contributed by atoms with E-state index in [2.05, 4.69) is 4.98 Å². The molecule has 3 nitrogen and oxygen atoms in total. The summed E-state index contributed by atoms with van der Waals surface area (Å²) in [6.07, 6.45) is 0. The number of aromatic nitrogens is 1. The average molecular weight is 301 g/mol. The Bertz CT molecular complexity index is 762. The number of carbonyl (C=O) groups is 1. The number of fused-ring (bicyclic) bond motifs is 1. The quantitative estimate of drug-likeness (QED) is 0.776. The monoisotopic (exact) mass is 301 g/mol. The van der Waals surface area contributed by atoms with Crippen molar-refractivity contribution in [3.63, 3.8) is 0 Å². The third-order valence-electron chi connectivity index (χ3n) is 2.92. The molecular formula is C15H11NO2S2. The maximum atomic E-state index is 11.1. The van der Waals surface area contributed by atoms with E-state index in [1.165, 1.54) is 11.8 Å². The highest BCUT2D eigenvalue weighted by atomic mass is 32.2. The summed E-state index contributed by atoms with van der Waals surface area (Å²) in [4.78, 5) is 16.6. The predicted octanol–water partition coefficient (Wildman–Crippen LogP) is 4.45. The van der Waals surface area contributed by atoms with Gasteiger partial charge in [-0.05, 0) is 36.8 Å². The van der Waals surface area contributed by atoms with E-state index in [0.29, 0.717) is 5.56 Å². The van der Waals surface area contributed by atoms with Crippen LogP contribution in [0.3, 0.4) is 0 Å². The first-order valence-corrected chi connectivity index (χ1v) is 7.64. The number of aryl methyl sites for hydroxylation is 1. The van der Waals surface area contributed by atoms with Crippen molar-refractivity contribution in [2.24, 2.45) is 0 Å². The van der Waals surface area contributed by atoms with Crippen LogP contribution in [0, 0.1) is 6.92 Å². The highest BCUT2D eigenvalue weighted by molar-refractivity contribution is 8.01. The zero-order valence-corrected chi connectivity index (χ0v) is 12.3. The molecule has 0 amide bonds. The van der Waals surface area contributed by atoms with Crippen LogP contribution in [0.15, 0.2) is 51.7 Å². The molecule has 0 saturated carbocycles. The number of hydrogen-bond donors (Lipinski definition) is 1. The first-order chi connectivity index (χ1) is 9.63. The second kappa shape index (κ2) is 5.26. The van der Waals surface area contributed by atoms with E-state index in [4.69, 9.17) is 5.11 Å². The van der Waals surface area contributed by atoms with Gasteiger partial charge in [0.1, 0.15) is 0 Å². The summed E-state index contributed by atoms with van der Waals surface area (Å²) in [6.45, 7) is 1.80. The third kappa shape index (κ3) is 2.55. The van der Waals surface area contributed by atoms with E-state index in [1.807, 2.05) is 36.4 Å². The minimum atomic E-state index is -0.894. The Morgan fingerprint density at radius 2 is 2.05 bits per heavy atom. The number of hydrogen-bond acceptors (Lipinski definition) is 4. The predicted molar refractivity (Wildman–Crippen MR) is 81.9 cm³/mol. The molecule has 0 aliphatic carbocycles. The van der Waals surface area contributed by atoms with Gasteiger partial charge in [-0.1, -0.05) is 30.0 Å². The third-order valence-corrected chi connectivity index (χ3v) is 5.01. The van der Waals surface area contributed by atoms with Gasteiger partial charge < -0.3 is 5.11 Å². The van der Waals surface area contributed by atoms with Gasteiger partial charge >= 0.3 is 5.97 Å². The van der Waals surface area contributed by atoms with E-state index in [0.717, 1.165) is 25.0 Å². The lowest BCUT2D eigenvalue weighted by atomic mass is 10.1. The first kappa shape index (κ1) is 13.1. The highest BCUT2D eigenvalue weighted by Crippen LogP contribution is 2.34. The van der Waals surface area contributed by atoms with Crippen LogP contribution in [0.1, 0.15) is 15.9 Å². The topological polar surface area (TPSA) is 50.2 Å². The summed E-state index contributed by atoms with van der Waals surface area (Å²) >= 11 is 3.11. The van der Waals surface area contributed by atoms with Gasteiger partial charge in [0.15, 0.2) is 4.34 Å².